The van der Waals surface area contributed by atoms with Crippen molar-refractivity contribution in [1.82, 2.24) is 5.32 Å². The fourth-order valence-corrected chi connectivity index (χ4v) is 2.42. The monoisotopic (exact) mass is 420 g/mol. The van der Waals surface area contributed by atoms with E-state index < -0.39 is 6.36 Å². The Morgan fingerprint density at radius 3 is 2.07 bits per heavy atom. The average molecular weight is 420 g/mol. The van der Waals surface area contributed by atoms with Gasteiger partial charge < -0.3 is 20.5 Å². The summed E-state index contributed by atoms with van der Waals surface area (Å²) in [5.74, 6) is 0.275. The number of rotatable bonds is 8. The molecule has 3 N–H and O–H groups in total. The lowest BCUT2D eigenvalue weighted by molar-refractivity contribution is -0.274. The highest BCUT2D eigenvalue weighted by atomic mass is 19.4. The van der Waals surface area contributed by atoms with Crippen LogP contribution >= 0.6 is 0 Å². The fraction of sp³-hybridized carbons (Fsp3) is 0.227. The van der Waals surface area contributed by atoms with Crippen LogP contribution in [0.15, 0.2) is 72.0 Å². The third-order valence-corrected chi connectivity index (χ3v) is 3.86. The van der Waals surface area contributed by atoms with Crippen LogP contribution in [0.25, 0.3) is 0 Å². The van der Waals surface area contributed by atoms with Gasteiger partial charge >= 0.3 is 6.36 Å². The van der Waals surface area contributed by atoms with Gasteiger partial charge in [-0.2, -0.15) is 0 Å². The minimum atomic E-state index is -4.74. The van der Waals surface area contributed by atoms with Gasteiger partial charge in [-0.25, -0.2) is 0 Å². The second-order valence-electron chi connectivity index (χ2n) is 6.36. The van der Waals surface area contributed by atoms with Crippen LogP contribution in [0.1, 0.15) is 25.8 Å². The molecule has 30 heavy (non-hydrogen) atoms. The van der Waals surface area contributed by atoms with E-state index in [-0.39, 0.29) is 11.7 Å². The highest BCUT2D eigenvalue weighted by Crippen LogP contribution is 2.27. The number of hydrogen-bond donors (Lipinski definition) is 2. The van der Waals surface area contributed by atoms with Crippen molar-refractivity contribution in [3.8, 4) is 17.2 Å². The molecule has 0 heterocycles. The number of nitrogens with one attached hydrogen (secondary N) is 1. The molecule has 2 aromatic rings. The summed E-state index contributed by atoms with van der Waals surface area (Å²) >= 11 is 0. The first-order valence-corrected chi connectivity index (χ1v) is 9.21. The molecule has 0 bridgehead atoms. The lowest BCUT2D eigenvalue weighted by Crippen LogP contribution is -2.25. The zero-order chi connectivity index (χ0) is 22.1. The zero-order valence-electron chi connectivity index (χ0n) is 16.6. The first-order chi connectivity index (χ1) is 14.2. The normalized spacial score (nSPS) is 12.4. The van der Waals surface area contributed by atoms with E-state index in [1.165, 1.54) is 24.3 Å². The molecule has 0 spiro atoms. The maximum Gasteiger partial charge on any atom is 0.573 e. The van der Waals surface area contributed by atoms with Gasteiger partial charge in [-0.15, -0.1) is 13.2 Å². The van der Waals surface area contributed by atoms with Crippen LogP contribution < -0.4 is 20.5 Å². The van der Waals surface area contributed by atoms with Crippen molar-refractivity contribution in [2.45, 2.75) is 33.2 Å². The van der Waals surface area contributed by atoms with Crippen LogP contribution in [0, 0.1) is 0 Å². The van der Waals surface area contributed by atoms with E-state index >= 15 is 0 Å². The highest BCUT2D eigenvalue weighted by molar-refractivity contribution is 5.96. The minimum absolute atomic E-state index is 0.263. The van der Waals surface area contributed by atoms with Crippen molar-refractivity contribution in [2.75, 3.05) is 0 Å². The summed E-state index contributed by atoms with van der Waals surface area (Å²) in [6, 6.07) is 12.0. The van der Waals surface area contributed by atoms with Crippen LogP contribution in [0.2, 0.25) is 0 Å². The number of allylic oxidation sites excluding steroid dienone is 2. The Bertz CT molecular complexity index is 899. The predicted molar refractivity (Wildman–Crippen MR) is 108 cm³/mol. The molecule has 0 aliphatic heterocycles. The number of benzene rings is 2. The van der Waals surface area contributed by atoms with E-state index in [1.54, 1.807) is 37.3 Å². The van der Waals surface area contributed by atoms with Crippen molar-refractivity contribution >= 4 is 5.91 Å². The lowest BCUT2D eigenvalue weighted by atomic mass is 10.1. The molecule has 0 atom stereocenters. The Balaban J connectivity index is 1.93. The minimum Gasteiger partial charge on any atom is -0.457 e. The number of amides is 1. The van der Waals surface area contributed by atoms with Crippen molar-refractivity contribution in [3.63, 3.8) is 0 Å². The van der Waals surface area contributed by atoms with E-state index in [1.807, 2.05) is 13.0 Å². The molecular formula is C22H23F3N2O3. The third kappa shape index (κ3) is 7.54. The van der Waals surface area contributed by atoms with Gasteiger partial charge in [-0.05, 0) is 55.3 Å². The van der Waals surface area contributed by atoms with E-state index in [9.17, 15) is 18.0 Å². The standard InChI is InChI=1S/C22H23F3N2O3/c1-3-4-5-20(15(2)26)21(28)27-14-16-6-8-17(9-7-16)29-18-10-12-19(13-11-18)30-22(23,24)25/h4-13H,3,14,26H2,1-2H3,(H,27,28)/b5-4-,20-15-. The molecule has 0 saturated carbocycles. The van der Waals surface area contributed by atoms with Crippen molar-refractivity contribution in [3.05, 3.63) is 77.5 Å². The molecule has 2 rings (SSSR count). The van der Waals surface area contributed by atoms with Crippen LogP contribution in [0.3, 0.4) is 0 Å². The molecule has 0 unspecified atom stereocenters. The number of alkyl halides is 3. The summed E-state index contributed by atoms with van der Waals surface area (Å²) in [4.78, 5) is 12.3. The van der Waals surface area contributed by atoms with Gasteiger partial charge in [0.05, 0.1) is 5.57 Å². The predicted octanol–water partition coefficient (Wildman–Crippen LogP) is 5.19. The number of carbonyl (C=O) groups is 1. The molecule has 0 aliphatic carbocycles. The SMILES string of the molecule is CC/C=C\C(C(=O)NCc1ccc(Oc2ccc(OC(F)(F)F)cc2)cc1)=C(/C)N. The van der Waals surface area contributed by atoms with E-state index in [0.29, 0.717) is 29.3 Å². The second-order valence-corrected chi connectivity index (χ2v) is 6.36. The Morgan fingerprint density at radius 1 is 1.03 bits per heavy atom. The van der Waals surface area contributed by atoms with Crippen LogP contribution in [-0.4, -0.2) is 12.3 Å². The third-order valence-electron chi connectivity index (χ3n) is 3.86. The Kier molecular flexibility index (Phi) is 7.91. The summed E-state index contributed by atoms with van der Waals surface area (Å²) in [6.07, 6.45) is -0.380. The Morgan fingerprint density at radius 2 is 1.57 bits per heavy atom. The molecule has 0 aromatic heterocycles. The Hall–Kier alpha value is -3.42. The van der Waals surface area contributed by atoms with E-state index in [2.05, 4.69) is 10.1 Å². The quantitative estimate of drug-likeness (QED) is 0.455. The molecule has 1 amide bonds. The number of nitrogens with two attached hydrogens (primary N) is 1. The van der Waals surface area contributed by atoms with Gasteiger partial charge in [0.2, 0.25) is 0 Å². The molecule has 5 nitrogen and oxygen atoms in total. The second kappa shape index (κ2) is 10.4. The number of ether oxygens (including phenoxy) is 2. The lowest BCUT2D eigenvalue weighted by Gasteiger charge is -2.11. The van der Waals surface area contributed by atoms with Gasteiger partial charge in [-0.3, -0.25) is 4.79 Å². The summed E-state index contributed by atoms with van der Waals surface area (Å²) in [5.41, 5.74) is 7.48. The van der Waals surface area contributed by atoms with Crippen LogP contribution in [-0.2, 0) is 11.3 Å². The van der Waals surface area contributed by atoms with Crippen molar-refractivity contribution in [1.29, 1.82) is 0 Å². The molecule has 0 fully saturated rings. The van der Waals surface area contributed by atoms with Gasteiger partial charge in [0.15, 0.2) is 0 Å². The zero-order valence-corrected chi connectivity index (χ0v) is 16.6. The van der Waals surface area contributed by atoms with E-state index in [4.69, 9.17) is 10.5 Å². The molecule has 2 aromatic carbocycles. The summed E-state index contributed by atoms with van der Waals surface area (Å²) in [5, 5.41) is 2.81. The first kappa shape index (κ1) is 22.9. The maximum absolute atomic E-state index is 12.3. The first-order valence-electron chi connectivity index (χ1n) is 9.21. The van der Waals surface area contributed by atoms with Gasteiger partial charge in [0.25, 0.3) is 5.91 Å². The average Bonchev–Trinajstić information content (AvgIpc) is 2.68. The van der Waals surface area contributed by atoms with Crippen molar-refractivity contribution in [2.24, 2.45) is 5.73 Å². The molecule has 8 heteroatoms. The van der Waals surface area contributed by atoms with Gasteiger partial charge in [0.1, 0.15) is 17.2 Å². The molecular weight excluding hydrogens is 397 g/mol. The molecule has 160 valence electrons. The van der Waals surface area contributed by atoms with Gasteiger partial charge in [-0.1, -0.05) is 31.2 Å². The van der Waals surface area contributed by atoms with E-state index in [0.717, 1.165) is 12.0 Å². The number of carbonyl (C=O) groups excluding carboxylic acids is 1. The Labute approximate surface area is 173 Å². The van der Waals surface area contributed by atoms with Crippen molar-refractivity contribution < 1.29 is 27.4 Å². The molecule has 0 radical (unpaired) electrons. The van der Waals surface area contributed by atoms with Crippen LogP contribution in [0.5, 0.6) is 17.2 Å². The van der Waals surface area contributed by atoms with Crippen LogP contribution in [0.4, 0.5) is 13.2 Å². The smallest absolute Gasteiger partial charge is 0.457 e. The number of hydrogen-bond acceptors (Lipinski definition) is 4. The summed E-state index contributed by atoms with van der Waals surface area (Å²) < 4.78 is 46.0. The highest BCUT2D eigenvalue weighted by Gasteiger charge is 2.30. The fourth-order valence-electron chi connectivity index (χ4n) is 2.42. The number of halogens is 3. The maximum atomic E-state index is 12.3. The van der Waals surface area contributed by atoms with Gasteiger partial charge in [0, 0.05) is 12.2 Å². The molecule has 0 aliphatic rings. The largest absolute Gasteiger partial charge is 0.573 e. The summed E-state index contributed by atoms with van der Waals surface area (Å²) in [7, 11) is 0. The summed E-state index contributed by atoms with van der Waals surface area (Å²) in [6.45, 7) is 3.94. The topological polar surface area (TPSA) is 73.6 Å². The molecule has 0 saturated heterocycles.